The molecule has 1 aliphatic heterocycles. The molecule has 0 aromatic heterocycles. The number of ether oxygens (including phenoxy) is 1. The maximum atomic E-state index is 12.5. The summed E-state index contributed by atoms with van der Waals surface area (Å²) >= 11 is 3.39. The van der Waals surface area contributed by atoms with Crippen LogP contribution in [-0.4, -0.2) is 45.3 Å². The van der Waals surface area contributed by atoms with Crippen LogP contribution in [0.4, 0.5) is 0 Å². The van der Waals surface area contributed by atoms with Gasteiger partial charge in [0, 0.05) is 28.2 Å². The molecule has 0 amide bonds. The van der Waals surface area contributed by atoms with Crippen LogP contribution in [0.2, 0.25) is 0 Å². The number of fused-ring (bicyclic) bond motifs is 1. The van der Waals surface area contributed by atoms with Crippen molar-refractivity contribution in [2.75, 3.05) is 26.2 Å². The number of hydrogen-bond donors (Lipinski definition) is 0. The van der Waals surface area contributed by atoms with Crippen LogP contribution in [0, 0.1) is 0 Å². The second-order valence-corrected chi connectivity index (χ2v) is 8.80. The van der Waals surface area contributed by atoms with E-state index in [1.165, 1.54) is 0 Å². The fourth-order valence-corrected chi connectivity index (χ4v) is 4.57. The molecule has 0 bridgehead atoms. The lowest BCUT2D eigenvalue weighted by molar-refractivity contribution is 0.249. The van der Waals surface area contributed by atoms with Gasteiger partial charge in [-0.05, 0) is 43.8 Å². The third-order valence-corrected chi connectivity index (χ3v) is 6.44. The lowest BCUT2D eigenvalue weighted by Crippen LogP contribution is -2.25. The van der Waals surface area contributed by atoms with E-state index in [0.717, 1.165) is 36.1 Å². The first-order valence-electron chi connectivity index (χ1n) is 9.05. The van der Waals surface area contributed by atoms with E-state index >= 15 is 0 Å². The average Bonchev–Trinajstić information content (AvgIpc) is 2.93. The van der Waals surface area contributed by atoms with Gasteiger partial charge in [-0.1, -0.05) is 41.9 Å². The maximum absolute atomic E-state index is 12.5. The van der Waals surface area contributed by atoms with E-state index in [1.54, 1.807) is 12.1 Å². The van der Waals surface area contributed by atoms with Crippen molar-refractivity contribution in [3.8, 4) is 5.75 Å². The minimum absolute atomic E-state index is 0.210. The van der Waals surface area contributed by atoms with Crippen molar-refractivity contribution < 1.29 is 13.2 Å². The van der Waals surface area contributed by atoms with Crippen molar-refractivity contribution in [3.63, 3.8) is 0 Å². The Morgan fingerprint density at radius 3 is 2.44 bits per heavy atom. The summed E-state index contributed by atoms with van der Waals surface area (Å²) in [6, 6.07) is 12.6. The molecule has 2 aromatic carbocycles. The highest BCUT2D eigenvalue weighted by atomic mass is 79.9. The van der Waals surface area contributed by atoms with Gasteiger partial charge in [0.2, 0.25) is 0 Å². The van der Waals surface area contributed by atoms with Crippen LogP contribution in [0.5, 0.6) is 5.75 Å². The number of sulfonamides is 1. The van der Waals surface area contributed by atoms with E-state index in [1.807, 2.05) is 30.3 Å². The average molecular weight is 451 g/mol. The van der Waals surface area contributed by atoms with Crippen LogP contribution < -0.4 is 4.74 Å². The SMILES string of the molecule is CCN(CC)CCCOc1ccc2c(c1)S(=O)(=O)N=C2c1ccc(Br)cc1. The largest absolute Gasteiger partial charge is 0.494 e. The standard InChI is InChI=1S/C20H23BrN2O3S/c1-3-23(4-2)12-5-13-26-17-10-11-18-19(14-17)27(24,25)22-20(18)15-6-8-16(21)9-7-15/h6-11,14H,3-5,12-13H2,1-2H3. The van der Waals surface area contributed by atoms with Gasteiger partial charge in [0.25, 0.3) is 10.0 Å². The lowest BCUT2D eigenvalue weighted by Gasteiger charge is -2.17. The first kappa shape index (κ1) is 20.0. The summed E-state index contributed by atoms with van der Waals surface area (Å²) in [6.07, 6.45) is 0.895. The predicted molar refractivity (Wildman–Crippen MR) is 111 cm³/mol. The molecule has 5 nitrogen and oxygen atoms in total. The number of rotatable bonds is 8. The van der Waals surface area contributed by atoms with Crippen LogP contribution in [0.3, 0.4) is 0 Å². The molecular formula is C20H23BrN2O3S. The molecule has 1 heterocycles. The monoisotopic (exact) mass is 450 g/mol. The van der Waals surface area contributed by atoms with Gasteiger partial charge in [0.05, 0.1) is 12.3 Å². The van der Waals surface area contributed by atoms with Crippen LogP contribution in [0.1, 0.15) is 31.4 Å². The highest BCUT2D eigenvalue weighted by Crippen LogP contribution is 2.32. The van der Waals surface area contributed by atoms with Crippen LogP contribution in [0.15, 0.2) is 56.2 Å². The fraction of sp³-hybridized carbons (Fsp3) is 0.350. The topological polar surface area (TPSA) is 59.0 Å². The molecule has 0 N–H and O–H groups in total. The van der Waals surface area contributed by atoms with E-state index in [4.69, 9.17) is 4.74 Å². The molecule has 7 heteroatoms. The van der Waals surface area contributed by atoms with Gasteiger partial charge in [0.15, 0.2) is 0 Å². The van der Waals surface area contributed by atoms with Crippen LogP contribution in [-0.2, 0) is 10.0 Å². The zero-order valence-electron chi connectivity index (χ0n) is 15.5. The first-order chi connectivity index (χ1) is 12.9. The Labute approximate surface area is 169 Å². The Morgan fingerprint density at radius 2 is 1.78 bits per heavy atom. The van der Waals surface area contributed by atoms with Crippen LogP contribution in [0.25, 0.3) is 0 Å². The van der Waals surface area contributed by atoms with Crippen molar-refractivity contribution in [2.24, 2.45) is 4.40 Å². The fourth-order valence-electron chi connectivity index (χ4n) is 3.05. The van der Waals surface area contributed by atoms with Crippen molar-refractivity contribution in [2.45, 2.75) is 25.2 Å². The molecule has 0 spiro atoms. The number of nitrogens with zero attached hydrogens (tertiary/aromatic N) is 2. The molecule has 0 saturated heterocycles. The number of hydrogen-bond acceptors (Lipinski definition) is 4. The Bertz CT molecular complexity index is 936. The van der Waals surface area contributed by atoms with Gasteiger partial charge in [-0.3, -0.25) is 0 Å². The molecular weight excluding hydrogens is 428 g/mol. The summed E-state index contributed by atoms with van der Waals surface area (Å²) in [5.74, 6) is 0.559. The molecule has 0 radical (unpaired) electrons. The second kappa shape index (κ2) is 8.54. The zero-order chi connectivity index (χ0) is 19.4. The summed E-state index contributed by atoms with van der Waals surface area (Å²) in [5, 5.41) is 0. The summed E-state index contributed by atoms with van der Waals surface area (Å²) < 4.78 is 35.7. The molecule has 27 heavy (non-hydrogen) atoms. The number of halogens is 1. The molecule has 1 aliphatic rings. The first-order valence-corrected chi connectivity index (χ1v) is 11.3. The molecule has 144 valence electrons. The molecule has 3 rings (SSSR count). The Morgan fingerprint density at radius 1 is 1.07 bits per heavy atom. The molecule has 0 aliphatic carbocycles. The smallest absolute Gasteiger partial charge is 0.283 e. The van der Waals surface area contributed by atoms with Gasteiger partial charge >= 0.3 is 0 Å². The van der Waals surface area contributed by atoms with Gasteiger partial charge in [-0.15, -0.1) is 0 Å². The Balaban J connectivity index is 1.75. The van der Waals surface area contributed by atoms with Crippen molar-refractivity contribution in [3.05, 3.63) is 58.1 Å². The highest BCUT2D eigenvalue weighted by Gasteiger charge is 2.30. The van der Waals surface area contributed by atoms with E-state index in [0.29, 0.717) is 23.6 Å². The van der Waals surface area contributed by atoms with E-state index in [2.05, 4.69) is 39.1 Å². The van der Waals surface area contributed by atoms with Crippen molar-refractivity contribution in [1.29, 1.82) is 0 Å². The van der Waals surface area contributed by atoms with E-state index in [-0.39, 0.29) is 4.90 Å². The normalized spacial score (nSPS) is 14.9. The molecule has 0 fully saturated rings. The van der Waals surface area contributed by atoms with E-state index < -0.39 is 10.0 Å². The molecule has 0 saturated carbocycles. The minimum atomic E-state index is -3.70. The summed E-state index contributed by atoms with van der Waals surface area (Å²) in [4.78, 5) is 2.54. The third-order valence-electron chi connectivity index (χ3n) is 4.60. The summed E-state index contributed by atoms with van der Waals surface area (Å²) in [6.45, 7) is 7.83. The predicted octanol–water partition coefficient (Wildman–Crippen LogP) is 4.10. The Hall–Kier alpha value is -1.70. The second-order valence-electron chi connectivity index (χ2n) is 6.31. The number of benzene rings is 2. The third kappa shape index (κ3) is 4.59. The maximum Gasteiger partial charge on any atom is 0.283 e. The van der Waals surface area contributed by atoms with Gasteiger partial charge in [-0.2, -0.15) is 12.8 Å². The lowest BCUT2D eigenvalue weighted by atomic mass is 10.0. The molecule has 2 aromatic rings. The minimum Gasteiger partial charge on any atom is -0.494 e. The van der Waals surface area contributed by atoms with Gasteiger partial charge in [-0.25, -0.2) is 0 Å². The van der Waals surface area contributed by atoms with Gasteiger partial charge < -0.3 is 9.64 Å². The van der Waals surface area contributed by atoms with Crippen molar-refractivity contribution >= 4 is 31.7 Å². The van der Waals surface area contributed by atoms with Crippen molar-refractivity contribution in [1.82, 2.24) is 4.90 Å². The Kier molecular flexibility index (Phi) is 6.34. The van der Waals surface area contributed by atoms with Gasteiger partial charge in [0.1, 0.15) is 10.6 Å². The quantitative estimate of drug-likeness (QED) is 0.567. The van der Waals surface area contributed by atoms with Crippen LogP contribution >= 0.6 is 15.9 Å². The summed E-state index contributed by atoms with van der Waals surface area (Å²) in [7, 11) is -3.70. The molecule has 0 unspecified atom stereocenters. The zero-order valence-corrected chi connectivity index (χ0v) is 17.9. The summed E-state index contributed by atoms with van der Waals surface area (Å²) in [5.41, 5.74) is 1.87. The highest BCUT2D eigenvalue weighted by molar-refractivity contribution is 9.10. The molecule has 0 atom stereocenters. The van der Waals surface area contributed by atoms with E-state index in [9.17, 15) is 8.42 Å².